The molecule has 0 fully saturated rings. The molecule has 3 nitrogen and oxygen atoms in total. The number of anilines is 1. The van der Waals surface area contributed by atoms with E-state index in [4.69, 9.17) is 11.6 Å². The smallest absolute Gasteiger partial charge is 0.128 e. The van der Waals surface area contributed by atoms with Gasteiger partial charge < -0.3 is 10.4 Å². The van der Waals surface area contributed by atoms with Crippen molar-refractivity contribution in [1.82, 2.24) is 4.98 Å². The van der Waals surface area contributed by atoms with Crippen LogP contribution in [0.5, 0.6) is 0 Å². The number of rotatable bonds is 8. The lowest BCUT2D eigenvalue weighted by molar-refractivity contribution is 0.170. The lowest BCUT2D eigenvalue weighted by Crippen LogP contribution is -2.27. The number of hydrogen-bond acceptors (Lipinski definition) is 4. The maximum Gasteiger partial charge on any atom is 0.128 e. The highest BCUT2D eigenvalue weighted by molar-refractivity contribution is 7.99. The highest BCUT2D eigenvalue weighted by Crippen LogP contribution is 2.42. The summed E-state index contributed by atoms with van der Waals surface area (Å²) >= 11 is 7.38. The fourth-order valence-electron chi connectivity index (χ4n) is 2.77. The summed E-state index contributed by atoms with van der Waals surface area (Å²) in [6, 6.07) is 14.3. The van der Waals surface area contributed by atoms with Crippen molar-refractivity contribution in [3.63, 3.8) is 0 Å². The monoisotopic (exact) mass is 448 g/mol. The lowest BCUT2D eigenvalue weighted by Gasteiger charge is -2.23. The van der Waals surface area contributed by atoms with Crippen LogP contribution in [-0.4, -0.2) is 23.2 Å². The van der Waals surface area contributed by atoms with Gasteiger partial charge in [-0.2, -0.15) is 0 Å². The highest BCUT2D eigenvalue weighted by Gasteiger charge is 2.22. The number of nitrogens with one attached hydrogen (secondary N) is 1. The van der Waals surface area contributed by atoms with Crippen molar-refractivity contribution in [2.24, 2.45) is 5.41 Å². The van der Waals surface area contributed by atoms with E-state index < -0.39 is 16.9 Å². The van der Waals surface area contributed by atoms with E-state index in [-0.39, 0.29) is 17.6 Å². The third-order valence-electron chi connectivity index (χ3n) is 4.57. The first-order valence-corrected chi connectivity index (χ1v) is 10.7. The van der Waals surface area contributed by atoms with Gasteiger partial charge in [-0.3, -0.25) is 0 Å². The standard InChI is InChI=1S/C23H23ClF2N2OS/c1-23(2,14-29)13-28-21-11-15(9-10-27-21)22(19-12-17(25)5-8-20(19)26)30-18-6-3-16(24)4-7-18/h3-12,22,29H,13-14H2,1-2H3,(H,27,28). The number of aliphatic hydroxyl groups excluding tert-OH is 1. The normalized spacial score (nSPS) is 12.6. The van der Waals surface area contributed by atoms with Crippen LogP contribution in [-0.2, 0) is 0 Å². The molecule has 30 heavy (non-hydrogen) atoms. The van der Waals surface area contributed by atoms with Crippen molar-refractivity contribution in [2.75, 3.05) is 18.5 Å². The van der Waals surface area contributed by atoms with Crippen LogP contribution in [0.4, 0.5) is 14.6 Å². The van der Waals surface area contributed by atoms with E-state index in [0.29, 0.717) is 17.4 Å². The Hall–Kier alpha value is -2.15. The molecule has 0 spiro atoms. The molecule has 0 amide bonds. The van der Waals surface area contributed by atoms with E-state index >= 15 is 0 Å². The predicted molar refractivity (Wildman–Crippen MR) is 119 cm³/mol. The molecule has 1 heterocycles. The van der Waals surface area contributed by atoms with Gasteiger partial charge in [-0.05, 0) is 60.2 Å². The SMILES string of the molecule is CC(C)(CO)CNc1cc(C(Sc2ccc(Cl)cc2)c2cc(F)ccc2F)ccn1. The molecule has 3 aromatic rings. The Balaban J connectivity index is 1.96. The van der Waals surface area contributed by atoms with Crippen LogP contribution in [0, 0.1) is 17.0 Å². The molecule has 7 heteroatoms. The number of nitrogens with zero attached hydrogens (tertiary/aromatic N) is 1. The van der Waals surface area contributed by atoms with Gasteiger partial charge in [-0.25, -0.2) is 13.8 Å². The molecule has 0 radical (unpaired) electrons. The van der Waals surface area contributed by atoms with Crippen molar-refractivity contribution in [1.29, 1.82) is 0 Å². The van der Waals surface area contributed by atoms with E-state index in [1.54, 1.807) is 24.4 Å². The van der Waals surface area contributed by atoms with Gasteiger partial charge in [0, 0.05) is 40.2 Å². The number of benzene rings is 2. The quantitative estimate of drug-likeness (QED) is 0.395. The van der Waals surface area contributed by atoms with Crippen molar-refractivity contribution in [2.45, 2.75) is 24.0 Å². The van der Waals surface area contributed by atoms with Gasteiger partial charge in [-0.1, -0.05) is 25.4 Å². The first-order chi connectivity index (χ1) is 14.3. The van der Waals surface area contributed by atoms with Crippen LogP contribution in [0.1, 0.15) is 30.2 Å². The van der Waals surface area contributed by atoms with E-state index in [9.17, 15) is 13.9 Å². The van der Waals surface area contributed by atoms with Crippen LogP contribution < -0.4 is 5.32 Å². The summed E-state index contributed by atoms with van der Waals surface area (Å²) in [5, 5.41) is 12.8. The summed E-state index contributed by atoms with van der Waals surface area (Å²) in [5.74, 6) is -0.367. The Kier molecular flexibility index (Phi) is 7.34. The van der Waals surface area contributed by atoms with Gasteiger partial charge in [0.1, 0.15) is 17.5 Å². The second-order valence-corrected chi connectivity index (χ2v) is 9.38. The van der Waals surface area contributed by atoms with Crippen LogP contribution in [0.3, 0.4) is 0 Å². The summed E-state index contributed by atoms with van der Waals surface area (Å²) in [6.07, 6.45) is 1.64. The Morgan fingerprint density at radius 2 is 1.83 bits per heavy atom. The van der Waals surface area contributed by atoms with Crippen molar-refractivity contribution < 1.29 is 13.9 Å². The van der Waals surface area contributed by atoms with E-state index in [0.717, 1.165) is 22.6 Å². The molecule has 158 valence electrons. The fraction of sp³-hybridized carbons (Fsp3) is 0.261. The maximum atomic E-state index is 14.7. The average Bonchev–Trinajstić information content (AvgIpc) is 2.74. The van der Waals surface area contributed by atoms with Gasteiger partial charge >= 0.3 is 0 Å². The number of thioether (sulfide) groups is 1. The molecule has 0 aliphatic rings. The Morgan fingerprint density at radius 3 is 2.53 bits per heavy atom. The van der Waals surface area contributed by atoms with E-state index in [1.807, 2.05) is 32.0 Å². The third-order valence-corrected chi connectivity index (χ3v) is 6.13. The zero-order valence-electron chi connectivity index (χ0n) is 16.7. The van der Waals surface area contributed by atoms with Crippen LogP contribution in [0.25, 0.3) is 0 Å². The summed E-state index contributed by atoms with van der Waals surface area (Å²) in [4.78, 5) is 5.20. The Labute approximate surface area is 184 Å². The fourth-order valence-corrected chi connectivity index (χ4v) is 4.05. The minimum Gasteiger partial charge on any atom is -0.396 e. The Bertz CT molecular complexity index is 999. The van der Waals surface area contributed by atoms with Crippen LogP contribution >= 0.6 is 23.4 Å². The average molecular weight is 449 g/mol. The van der Waals surface area contributed by atoms with Gasteiger partial charge in [0.25, 0.3) is 0 Å². The largest absolute Gasteiger partial charge is 0.396 e. The van der Waals surface area contributed by atoms with Crippen molar-refractivity contribution in [3.05, 3.63) is 88.6 Å². The van der Waals surface area contributed by atoms with Gasteiger partial charge in [0.05, 0.1) is 5.25 Å². The zero-order valence-corrected chi connectivity index (χ0v) is 18.3. The topological polar surface area (TPSA) is 45.1 Å². The number of halogens is 3. The van der Waals surface area contributed by atoms with Gasteiger partial charge in [0.15, 0.2) is 0 Å². The predicted octanol–water partition coefficient (Wildman–Crippen LogP) is 6.33. The van der Waals surface area contributed by atoms with Gasteiger partial charge in [0.2, 0.25) is 0 Å². The van der Waals surface area contributed by atoms with Crippen LogP contribution in [0.2, 0.25) is 5.02 Å². The molecule has 0 bridgehead atoms. The molecule has 0 aliphatic carbocycles. The zero-order chi connectivity index (χ0) is 21.7. The summed E-state index contributed by atoms with van der Waals surface area (Å²) in [5.41, 5.74) is 0.714. The minimum absolute atomic E-state index is 0.0310. The van der Waals surface area contributed by atoms with E-state index in [2.05, 4.69) is 10.3 Å². The van der Waals surface area contributed by atoms with E-state index in [1.165, 1.54) is 17.8 Å². The molecule has 1 atom stereocenters. The molecule has 2 aromatic carbocycles. The highest BCUT2D eigenvalue weighted by atomic mass is 35.5. The molecular formula is C23H23ClF2N2OS. The molecule has 0 saturated carbocycles. The number of aromatic nitrogens is 1. The lowest BCUT2D eigenvalue weighted by atomic mass is 9.95. The van der Waals surface area contributed by atoms with Crippen molar-refractivity contribution >= 4 is 29.2 Å². The van der Waals surface area contributed by atoms with Gasteiger partial charge in [-0.15, -0.1) is 11.8 Å². The molecule has 1 unspecified atom stereocenters. The summed E-state index contributed by atoms with van der Waals surface area (Å²) in [6.45, 7) is 4.42. The Morgan fingerprint density at radius 1 is 1.10 bits per heavy atom. The third kappa shape index (κ3) is 5.94. The second-order valence-electron chi connectivity index (χ2n) is 7.77. The number of pyridine rings is 1. The number of hydrogen-bond donors (Lipinski definition) is 2. The molecular weight excluding hydrogens is 426 g/mol. The maximum absolute atomic E-state index is 14.7. The second kappa shape index (κ2) is 9.77. The molecule has 1 aromatic heterocycles. The molecule has 0 aliphatic heterocycles. The molecule has 3 rings (SSSR count). The molecule has 0 saturated heterocycles. The molecule has 2 N–H and O–H groups in total. The van der Waals surface area contributed by atoms with Crippen molar-refractivity contribution in [3.8, 4) is 0 Å². The first kappa shape index (κ1) is 22.5. The summed E-state index contributed by atoms with van der Waals surface area (Å²) in [7, 11) is 0. The van der Waals surface area contributed by atoms with Crippen LogP contribution in [0.15, 0.2) is 65.7 Å². The summed E-state index contributed by atoms with van der Waals surface area (Å²) < 4.78 is 28.6. The first-order valence-electron chi connectivity index (χ1n) is 9.45. The number of aliphatic hydroxyl groups is 1. The minimum atomic E-state index is -0.495.